The summed E-state index contributed by atoms with van der Waals surface area (Å²) in [6.45, 7) is -0.209. The lowest BCUT2D eigenvalue weighted by Gasteiger charge is -2.43. The lowest BCUT2D eigenvalue weighted by Crippen LogP contribution is -2.42. The molecule has 4 aromatic carbocycles. The van der Waals surface area contributed by atoms with Gasteiger partial charge in [-0.3, -0.25) is 24.1 Å². The van der Waals surface area contributed by atoms with Crippen LogP contribution in [0, 0.1) is 29.6 Å². The van der Waals surface area contributed by atoms with E-state index >= 15 is 0 Å². The summed E-state index contributed by atoms with van der Waals surface area (Å²) in [4.78, 5) is 59.2. The van der Waals surface area contributed by atoms with Gasteiger partial charge in [-0.15, -0.1) is 11.8 Å². The highest BCUT2D eigenvalue weighted by molar-refractivity contribution is 9.10. The van der Waals surface area contributed by atoms with E-state index in [0.717, 1.165) is 37.1 Å². The van der Waals surface area contributed by atoms with Crippen molar-refractivity contribution in [1.29, 1.82) is 0 Å². The number of amides is 3. The third-order valence-electron chi connectivity index (χ3n) is 10.5. The van der Waals surface area contributed by atoms with E-state index in [4.69, 9.17) is 4.74 Å². The Morgan fingerprint density at radius 3 is 2.50 bits per heavy atom. The summed E-state index contributed by atoms with van der Waals surface area (Å²) in [7, 11) is 0. The Labute approximate surface area is 292 Å². The zero-order valence-corrected chi connectivity index (χ0v) is 28.5. The maximum absolute atomic E-state index is 14.1. The van der Waals surface area contributed by atoms with Gasteiger partial charge in [-0.1, -0.05) is 81.9 Å². The molecule has 2 saturated carbocycles. The first-order valence-electron chi connectivity index (χ1n) is 15.9. The molecule has 1 saturated heterocycles. The predicted octanol–water partition coefficient (Wildman–Crippen LogP) is 7.05. The van der Waals surface area contributed by atoms with Crippen LogP contribution in [0.25, 0.3) is 10.8 Å². The van der Waals surface area contributed by atoms with E-state index in [9.17, 15) is 19.2 Å². The van der Waals surface area contributed by atoms with Crippen molar-refractivity contribution in [2.75, 3.05) is 16.8 Å². The number of H-pyrrole nitrogens is 1. The van der Waals surface area contributed by atoms with Gasteiger partial charge in [0, 0.05) is 37.2 Å². The average molecular weight is 739 g/mol. The second-order valence-corrected chi connectivity index (χ2v) is 16.0. The molecule has 5 aromatic rings. The molecule has 7 atom stereocenters. The number of aromatic amines is 1. The number of nitrogens with zero attached hydrogens (tertiary/aromatic N) is 1. The van der Waals surface area contributed by atoms with E-state index in [0.29, 0.717) is 17.1 Å². The molecule has 48 heavy (non-hydrogen) atoms. The summed E-state index contributed by atoms with van der Waals surface area (Å²) in [5.74, 6) is -1.07. The fourth-order valence-corrected chi connectivity index (χ4v) is 12.0. The minimum atomic E-state index is -0.410. The molecule has 11 heteroatoms. The fraction of sp³-hybridized carbons (Fsp3) is 0.243. The summed E-state index contributed by atoms with van der Waals surface area (Å²) in [6.07, 6.45) is 0.783. The molecule has 8 nitrogen and oxygen atoms in total. The number of thiazole rings is 1. The summed E-state index contributed by atoms with van der Waals surface area (Å²) >= 11 is 6.49. The van der Waals surface area contributed by atoms with Crippen LogP contribution >= 0.6 is 39.0 Å². The van der Waals surface area contributed by atoms with E-state index in [1.165, 1.54) is 16.2 Å². The van der Waals surface area contributed by atoms with Gasteiger partial charge in [-0.05, 0) is 66.0 Å². The van der Waals surface area contributed by atoms with Crippen LogP contribution < -0.4 is 19.8 Å². The Hall–Kier alpha value is -4.19. The third kappa shape index (κ3) is 4.62. The third-order valence-corrected chi connectivity index (χ3v) is 13.5. The quantitative estimate of drug-likeness (QED) is 0.181. The van der Waals surface area contributed by atoms with Crippen LogP contribution in [-0.2, 0) is 14.4 Å². The number of nitrogens with one attached hydrogen (secondary N) is 2. The molecular formula is C37H28BrN3O5S2. The monoisotopic (exact) mass is 737 g/mol. The van der Waals surface area contributed by atoms with Gasteiger partial charge in [0.2, 0.25) is 11.8 Å². The molecule has 240 valence electrons. The number of hydrogen-bond donors (Lipinski definition) is 2. The van der Waals surface area contributed by atoms with Crippen molar-refractivity contribution >= 4 is 78.9 Å². The second-order valence-electron chi connectivity index (χ2n) is 12.9. The molecule has 2 N–H and O–H groups in total. The second kappa shape index (κ2) is 11.5. The Balaban J connectivity index is 1.05. The van der Waals surface area contributed by atoms with Gasteiger partial charge in [0.25, 0.3) is 5.91 Å². The van der Waals surface area contributed by atoms with Gasteiger partial charge >= 0.3 is 4.87 Å². The van der Waals surface area contributed by atoms with Gasteiger partial charge in [-0.2, -0.15) is 0 Å². The minimum Gasteiger partial charge on any atom is -0.483 e. The number of halogens is 1. The largest absolute Gasteiger partial charge is 0.483 e. The van der Waals surface area contributed by atoms with Crippen LogP contribution in [0.5, 0.6) is 5.75 Å². The molecule has 0 spiro atoms. The smallest absolute Gasteiger partial charge is 0.305 e. The predicted molar refractivity (Wildman–Crippen MR) is 190 cm³/mol. The number of para-hydroxylation sites is 1. The highest BCUT2D eigenvalue weighted by atomic mass is 79.9. The van der Waals surface area contributed by atoms with E-state index in [-0.39, 0.29) is 64.0 Å². The van der Waals surface area contributed by atoms with Crippen molar-refractivity contribution in [3.63, 3.8) is 0 Å². The fourth-order valence-electron chi connectivity index (χ4n) is 8.75. The number of ether oxygens (including phenoxy) is 1. The number of imide groups is 1. The van der Waals surface area contributed by atoms with Crippen LogP contribution in [0.2, 0.25) is 0 Å². The van der Waals surface area contributed by atoms with Crippen molar-refractivity contribution in [3.8, 4) is 5.75 Å². The molecule has 2 aliphatic carbocycles. The molecule has 3 fully saturated rings. The van der Waals surface area contributed by atoms with Crippen LogP contribution in [0.15, 0.2) is 105 Å². The van der Waals surface area contributed by atoms with Gasteiger partial charge in [0.05, 0.1) is 22.5 Å². The SMILES string of the molecule is O=C(COc1ccc(Br)cc1[C@@H]1c2sc(=O)[nH]c2S[C@@H]2[C@@H]3C[C@@H]([C@@H]4C(=O)N(c5ccccc5)C(=O)[C@@H]34)[C@H]12)Nc1cccc2ccccc12. The Kier molecular flexibility index (Phi) is 7.14. The van der Waals surface area contributed by atoms with Gasteiger partial charge in [0.1, 0.15) is 5.75 Å². The van der Waals surface area contributed by atoms with Gasteiger partial charge in [-0.25, -0.2) is 0 Å². The standard InChI is InChI=1S/C37H28BrN3O5S2/c38-19-13-14-26(46-17-27(42)39-25-12-6-8-18-7-4-5-11-21(18)25)22(15-19)28-29-23-16-24(32(29)47-34-33(28)48-37(45)40-34)31-30(23)35(43)41(36(31)44)20-9-2-1-3-10-20/h1-15,23-24,28-32H,16-17H2,(H,39,42)(H,40,45)/t23-,24-,28+,29-,30+,31+,32-/m1/s1. The Bertz CT molecular complexity index is 2200. The van der Waals surface area contributed by atoms with E-state index < -0.39 is 5.92 Å². The number of carbonyl (C=O) groups is 3. The number of hydrogen-bond acceptors (Lipinski definition) is 7. The maximum atomic E-state index is 14.1. The van der Waals surface area contributed by atoms with Crippen LogP contribution in [-0.4, -0.2) is 34.6 Å². The zero-order valence-electron chi connectivity index (χ0n) is 25.3. The van der Waals surface area contributed by atoms with Crippen molar-refractivity contribution in [2.24, 2.45) is 29.6 Å². The first-order valence-corrected chi connectivity index (χ1v) is 18.4. The Morgan fingerprint density at radius 2 is 1.67 bits per heavy atom. The molecular weight excluding hydrogens is 710 g/mol. The number of anilines is 2. The normalized spacial score (nSPS) is 26.8. The number of fused-ring (bicyclic) bond motifs is 10. The molecule has 2 aliphatic heterocycles. The van der Waals surface area contributed by atoms with Crippen molar-refractivity contribution in [3.05, 3.63) is 116 Å². The highest BCUT2D eigenvalue weighted by Crippen LogP contribution is 2.69. The van der Waals surface area contributed by atoms with Crippen molar-refractivity contribution < 1.29 is 19.1 Å². The molecule has 3 amide bonds. The molecule has 0 unspecified atom stereocenters. The summed E-state index contributed by atoms with van der Waals surface area (Å²) in [5.41, 5.74) is 2.18. The zero-order chi connectivity index (χ0) is 32.7. The first kappa shape index (κ1) is 29.9. The summed E-state index contributed by atoms with van der Waals surface area (Å²) < 4.78 is 7.13. The molecule has 4 aliphatic rings. The summed E-state index contributed by atoms with van der Waals surface area (Å²) in [5, 5.41) is 5.82. The molecule has 0 radical (unpaired) electrons. The maximum Gasteiger partial charge on any atom is 0.305 e. The molecule has 2 bridgehead atoms. The average Bonchev–Trinajstić information content (AvgIpc) is 3.83. The van der Waals surface area contributed by atoms with Gasteiger partial charge < -0.3 is 15.0 Å². The molecule has 9 rings (SSSR count). The number of rotatable bonds is 6. The minimum absolute atomic E-state index is 0.00205. The van der Waals surface area contributed by atoms with Crippen LogP contribution in [0.3, 0.4) is 0 Å². The molecule has 3 heterocycles. The topological polar surface area (TPSA) is 109 Å². The number of carbonyl (C=O) groups excluding carboxylic acids is 3. The van der Waals surface area contributed by atoms with Crippen molar-refractivity contribution in [1.82, 2.24) is 4.98 Å². The van der Waals surface area contributed by atoms with E-state index in [1.54, 1.807) is 11.8 Å². The van der Waals surface area contributed by atoms with Crippen LogP contribution in [0.1, 0.15) is 22.8 Å². The molecule has 1 aromatic heterocycles. The lowest BCUT2D eigenvalue weighted by molar-refractivity contribution is -0.123. The van der Waals surface area contributed by atoms with Crippen LogP contribution in [0.4, 0.5) is 11.4 Å². The Morgan fingerprint density at radius 1 is 0.917 bits per heavy atom. The summed E-state index contributed by atoms with van der Waals surface area (Å²) in [6, 6.07) is 28.6. The van der Waals surface area contributed by atoms with E-state index in [1.807, 2.05) is 91.0 Å². The number of benzene rings is 4. The number of aromatic nitrogens is 1. The number of thioether (sulfide) groups is 1. The highest BCUT2D eigenvalue weighted by Gasteiger charge is 2.69. The van der Waals surface area contributed by atoms with E-state index in [2.05, 4.69) is 26.2 Å². The van der Waals surface area contributed by atoms with Gasteiger partial charge in [0.15, 0.2) is 6.61 Å². The lowest BCUT2D eigenvalue weighted by atomic mass is 9.68. The van der Waals surface area contributed by atoms with Crippen molar-refractivity contribution in [2.45, 2.75) is 22.6 Å². The first-order chi connectivity index (χ1) is 23.4.